The maximum absolute atomic E-state index is 13.5. The van der Waals surface area contributed by atoms with Crippen LogP contribution in [0.15, 0.2) is 43.1 Å². The molecule has 5 heterocycles. The third-order valence-corrected chi connectivity index (χ3v) is 10.7. The molecule has 4 aromatic heterocycles. The van der Waals surface area contributed by atoms with Crippen LogP contribution in [0.2, 0.25) is 0 Å². The fourth-order valence-electron chi connectivity index (χ4n) is 6.61. The average Bonchev–Trinajstić information content (AvgIpc) is 3.71. The van der Waals surface area contributed by atoms with Crippen LogP contribution < -0.4 is 4.74 Å². The van der Waals surface area contributed by atoms with Gasteiger partial charge in [0.05, 0.1) is 56.4 Å². The Labute approximate surface area is 297 Å². The van der Waals surface area contributed by atoms with Crippen molar-refractivity contribution in [1.82, 2.24) is 34.2 Å². The third-order valence-electron chi connectivity index (χ3n) is 9.21. The lowest BCUT2D eigenvalue weighted by Crippen LogP contribution is -2.65. The quantitative estimate of drug-likeness (QED) is 0.103. The van der Waals surface area contributed by atoms with Crippen LogP contribution in [0.25, 0.3) is 22.3 Å². The summed E-state index contributed by atoms with van der Waals surface area (Å²) in [5, 5.41) is 15.3. The molecule has 2 aliphatic rings. The summed E-state index contributed by atoms with van der Waals surface area (Å²) in [7, 11) is -3.54. The van der Waals surface area contributed by atoms with Crippen LogP contribution in [-0.4, -0.2) is 99.0 Å². The monoisotopic (exact) mass is 749 g/mol. The lowest BCUT2D eigenvalue weighted by Gasteiger charge is -2.53. The molecular formula is C33H40F3N8O5S2+. The minimum absolute atomic E-state index is 0.00694. The third kappa shape index (κ3) is 8.83. The number of aromatic nitrogens is 6. The number of nitrogens with zero attached hydrogens (tertiary/aromatic N) is 8. The van der Waals surface area contributed by atoms with Crippen molar-refractivity contribution in [2.24, 2.45) is 0 Å². The van der Waals surface area contributed by atoms with Crippen molar-refractivity contribution in [2.75, 3.05) is 44.2 Å². The molecule has 0 unspecified atom stereocenters. The fourth-order valence-corrected chi connectivity index (χ4v) is 7.41. The van der Waals surface area contributed by atoms with E-state index in [1.54, 1.807) is 6.20 Å². The number of nitriles is 1. The number of pyridine rings is 1. The number of fused-ring (bicyclic) bond motifs is 1. The van der Waals surface area contributed by atoms with Crippen LogP contribution in [0, 0.1) is 11.3 Å². The first-order valence-electron chi connectivity index (χ1n) is 16.4. The van der Waals surface area contributed by atoms with Gasteiger partial charge in [-0.15, -0.1) is 0 Å². The van der Waals surface area contributed by atoms with Gasteiger partial charge in [0, 0.05) is 48.5 Å². The molecule has 0 amide bonds. The van der Waals surface area contributed by atoms with Crippen LogP contribution in [0.1, 0.15) is 43.4 Å². The van der Waals surface area contributed by atoms with E-state index in [2.05, 4.69) is 38.4 Å². The van der Waals surface area contributed by atoms with Gasteiger partial charge in [-0.2, -0.15) is 31.9 Å². The molecule has 0 N–H and O–H groups in total. The zero-order valence-electron chi connectivity index (χ0n) is 28.5. The van der Waals surface area contributed by atoms with Gasteiger partial charge in [-0.05, 0) is 54.3 Å². The molecule has 2 fully saturated rings. The topological polar surface area (TPSA) is 150 Å². The second-order valence-electron chi connectivity index (χ2n) is 13.3. The summed E-state index contributed by atoms with van der Waals surface area (Å²) in [6, 6.07) is 6.56. The molecule has 13 nitrogen and oxygen atoms in total. The van der Waals surface area contributed by atoms with Gasteiger partial charge >= 0.3 is 6.18 Å². The molecule has 0 spiro atoms. The summed E-state index contributed by atoms with van der Waals surface area (Å²) in [5.74, 6) is 0.784. The molecule has 1 aliphatic carbocycles. The van der Waals surface area contributed by atoms with Crippen LogP contribution in [0.4, 0.5) is 13.2 Å². The number of hydrogen-bond donors (Lipinski definition) is 0. The minimum Gasteiger partial charge on any atom is -0.474 e. The number of hydrogen-bond acceptors (Lipinski definition) is 11. The van der Waals surface area contributed by atoms with Crippen molar-refractivity contribution >= 4 is 32.0 Å². The number of alkyl halides is 3. The predicted octanol–water partition coefficient (Wildman–Crippen LogP) is 4.35. The Balaban J connectivity index is 1.08. The standard InChI is InChI=1S/C33H40F3N8O5S2/c1-50(2)13-12-47-22-42-11-8-27-30(38-21-39-31(27)42)24-16-40-44(17-24)32(9-10-37)19-43(20-32)25-4-6-26(7-5-25)49-29-15-23(18-48-51(3,45)46)14-28(41-29)33(34,35)36/h8,11,14-17,21,25-26H,4-7,9,12-13,18-20,22H2,1-3H3/q+1. The number of likely N-dealkylation sites (tertiary alicyclic amines) is 1. The van der Waals surface area contributed by atoms with E-state index in [9.17, 15) is 26.9 Å². The Morgan fingerprint density at radius 1 is 1.14 bits per heavy atom. The van der Waals surface area contributed by atoms with E-state index in [0.717, 1.165) is 53.2 Å². The summed E-state index contributed by atoms with van der Waals surface area (Å²) in [5.41, 5.74) is 0.654. The zero-order chi connectivity index (χ0) is 36.4. The van der Waals surface area contributed by atoms with E-state index in [1.807, 2.05) is 27.7 Å². The summed E-state index contributed by atoms with van der Waals surface area (Å²) >= 11 is 0. The van der Waals surface area contributed by atoms with Gasteiger partial charge in [-0.25, -0.2) is 15.0 Å². The van der Waals surface area contributed by atoms with Crippen molar-refractivity contribution in [3.63, 3.8) is 0 Å². The first-order chi connectivity index (χ1) is 24.2. The number of rotatable bonds is 14. The Morgan fingerprint density at radius 3 is 2.59 bits per heavy atom. The van der Waals surface area contributed by atoms with Crippen LogP contribution >= 0.6 is 0 Å². The SMILES string of the molecule is C[S+](C)CCOCn1ccc2c(-c3cnn(C4(CC#N)CN(C5CCC(Oc6cc(COS(C)(=O)=O)cc(C(F)(F)F)n6)CC5)C4)c3)ncnc21. The van der Waals surface area contributed by atoms with Gasteiger partial charge in [0.25, 0.3) is 10.1 Å². The zero-order valence-corrected chi connectivity index (χ0v) is 30.2. The van der Waals surface area contributed by atoms with Crippen LogP contribution in [0.3, 0.4) is 0 Å². The van der Waals surface area contributed by atoms with Crippen molar-refractivity contribution in [3.05, 3.63) is 54.4 Å². The fraction of sp³-hybridized carbons (Fsp3) is 0.545. The first-order valence-corrected chi connectivity index (χ1v) is 20.4. The van der Waals surface area contributed by atoms with Gasteiger partial charge in [0.2, 0.25) is 5.88 Å². The Hall–Kier alpha value is -3.76. The minimum atomic E-state index is -4.74. The average molecular weight is 750 g/mol. The van der Waals surface area contributed by atoms with E-state index in [1.165, 1.54) is 12.4 Å². The predicted molar refractivity (Wildman–Crippen MR) is 184 cm³/mol. The van der Waals surface area contributed by atoms with Crippen LogP contribution in [-0.2, 0) is 55.0 Å². The Bertz CT molecular complexity index is 1980. The van der Waals surface area contributed by atoms with E-state index in [4.69, 9.17) is 18.8 Å². The molecule has 18 heteroatoms. The molecular weight excluding hydrogens is 710 g/mol. The van der Waals surface area contributed by atoms with E-state index in [0.29, 0.717) is 50.2 Å². The highest BCUT2D eigenvalue weighted by atomic mass is 32.2. The van der Waals surface area contributed by atoms with Gasteiger partial charge in [-0.1, -0.05) is 0 Å². The molecule has 0 bridgehead atoms. The number of ether oxygens (including phenoxy) is 2. The maximum Gasteiger partial charge on any atom is 0.433 e. The van der Waals surface area contributed by atoms with E-state index >= 15 is 0 Å². The summed E-state index contributed by atoms with van der Waals surface area (Å²) in [6.07, 6.45) is 10.3. The summed E-state index contributed by atoms with van der Waals surface area (Å²) in [4.78, 5) is 15.0. The molecule has 0 radical (unpaired) electrons. The van der Waals surface area contributed by atoms with Crippen molar-refractivity contribution in [1.29, 1.82) is 5.26 Å². The highest BCUT2D eigenvalue weighted by Gasteiger charge is 2.48. The smallest absolute Gasteiger partial charge is 0.433 e. The molecule has 0 atom stereocenters. The van der Waals surface area contributed by atoms with Gasteiger partial charge in [-0.3, -0.25) is 13.8 Å². The molecule has 274 valence electrons. The highest BCUT2D eigenvalue weighted by Crippen LogP contribution is 2.39. The van der Waals surface area contributed by atoms with Gasteiger partial charge < -0.3 is 14.0 Å². The van der Waals surface area contributed by atoms with Gasteiger partial charge in [0.1, 0.15) is 41.8 Å². The number of halogens is 3. The summed E-state index contributed by atoms with van der Waals surface area (Å²) in [6.45, 7) is 1.77. The first kappa shape index (κ1) is 37.0. The molecule has 51 heavy (non-hydrogen) atoms. The van der Waals surface area contributed by atoms with E-state index in [-0.39, 0.29) is 30.0 Å². The van der Waals surface area contributed by atoms with E-state index < -0.39 is 34.1 Å². The molecule has 1 saturated heterocycles. The molecule has 0 aromatic carbocycles. The normalized spacial score (nSPS) is 19.6. The second-order valence-corrected chi connectivity index (χ2v) is 17.3. The van der Waals surface area contributed by atoms with Crippen molar-refractivity contribution in [2.45, 2.75) is 69.3 Å². The molecule has 1 saturated carbocycles. The van der Waals surface area contributed by atoms with Crippen molar-refractivity contribution < 1.29 is 35.2 Å². The lowest BCUT2D eigenvalue weighted by atomic mass is 9.82. The molecule has 1 aliphatic heterocycles. The lowest BCUT2D eigenvalue weighted by molar-refractivity contribution is -0.141. The van der Waals surface area contributed by atoms with Crippen LogP contribution in [0.5, 0.6) is 5.88 Å². The molecule has 6 rings (SSSR count). The second kappa shape index (κ2) is 15.1. The largest absolute Gasteiger partial charge is 0.474 e. The Kier molecular flexibility index (Phi) is 10.9. The maximum atomic E-state index is 13.5. The van der Waals surface area contributed by atoms with Crippen molar-refractivity contribution in [3.8, 4) is 23.2 Å². The summed E-state index contributed by atoms with van der Waals surface area (Å²) < 4.78 is 83.6. The van der Waals surface area contributed by atoms with Gasteiger partial charge in [0.15, 0.2) is 0 Å². The highest BCUT2D eigenvalue weighted by molar-refractivity contribution is 7.95. The Morgan fingerprint density at radius 2 is 1.90 bits per heavy atom. The molecule has 4 aromatic rings.